The number of aliphatic hydroxyl groups excluding tert-OH is 2. The number of ether oxygens (including phenoxy) is 2. The summed E-state index contributed by atoms with van der Waals surface area (Å²) in [6.07, 6.45) is -2.22. The van der Waals surface area contributed by atoms with Gasteiger partial charge >= 0.3 is 0 Å². The van der Waals surface area contributed by atoms with Crippen LogP contribution in [0.2, 0.25) is 0 Å². The lowest BCUT2D eigenvalue weighted by Crippen LogP contribution is -2.43. The van der Waals surface area contributed by atoms with E-state index in [1.54, 1.807) is 0 Å². The fraction of sp³-hybridized carbons (Fsp3) is 1.00. The summed E-state index contributed by atoms with van der Waals surface area (Å²) in [5, 5.41) is 18.1. The monoisotopic (exact) mass is 146 g/mol. The van der Waals surface area contributed by atoms with E-state index in [-0.39, 0.29) is 18.3 Å². The quantitative estimate of drug-likeness (QED) is 0.424. The van der Waals surface area contributed by atoms with Crippen LogP contribution in [0.4, 0.5) is 0 Å². The van der Waals surface area contributed by atoms with Gasteiger partial charge in [-0.3, -0.25) is 0 Å². The molecule has 0 amide bonds. The molecule has 2 aliphatic heterocycles. The molecule has 2 fully saturated rings. The summed E-state index contributed by atoms with van der Waals surface area (Å²) >= 11 is 0. The summed E-state index contributed by atoms with van der Waals surface area (Å²) in [7, 11) is 0. The second-order valence-electron chi connectivity index (χ2n) is 2.79. The second-order valence-corrected chi connectivity index (χ2v) is 2.79. The Morgan fingerprint density at radius 3 is 2.50 bits per heavy atom. The van der Waals surface area contributed by atoms with E-state index in [1.165, 1.54) is 0 Å². The van der Waals surface area contributed by atoms with Crippen molar-refractivity contribution in [3.63, 3.8) is 0 Å². The first-order valence-electron chi connectivity index (χ1n) is 3.37. The van der Waals surface area contributed by atoms with Crippen LogP contribution in [-0.2, 0) is 9.47 Å². The lowest BCUT2D eigenvalue weighted by molar-refractivity contribution is -0.199. The van der Waals surface area contributed by atoms with Crippen molar-refractivity contribution in [1.82, 2.24) is 0 Å². The number of fused-ring (bicyclic) bond motifs is 1. The topological polar surface area (TPSA) is 62.2 Å². The van der Waals surface area contributed by atoms with Gasteiger partial charge in [0, 0.05) is 0 Å². The molecule has 0 unspecified atom stereocenters. The number of hydrogen-bond donors (Lipinski definition) is 2. The average molecular weight is 146 g/mol. The van der Waals surface area contributed by atoms with Crippen molar-refractivity contribution in [2.75, 3.05) is 0 Å². The molecule has 2 aliphatic rings. The van der Waals surface area contributed by atoms with E-state index in [4.69, 9.17) is 19.7 Å². The molecule has 0 bridgehead atoms. The standard InChI is InChI=1S/C6H10O4/c1-2-4-5(10-4)3(7)6(8)9-2/h2-8H,1H3/t2-,3-,4+,5-,6-/m1/s1. The van der Waals surface area contributed by atoms with E-state index in [0.29, 0.717) is 0 Å². The van der Waals surface area contributed by atoms with E-state index >= 15 is 0 Å². The van der Waals surface area contributed by atoms with Crippen molar-refractivity contribution < 1.29 is 19.7 Å². The Hall–Kier alpha value is -0.160. The summed E-state index contributed by atoms with van der Waals surface area (Å²) in [5.74, 6) is 0. The Kier molecular flexibility index (Phi) is 1.25. The van der Waals surface area contributed by atoms with Crippen LogP contribution in [-0.4, -0.2) is 40.9 Å². The van der Waals surface area contributed by atoms with E-state index in [9.17, 15) is 0 Å². The SMILES string of the molecule is C[C@H]1O[C@@H](O)[C@H](O)[C@H]2O[C@H]21. The predicted octanol–water partition coefficient (Wildman–Crippen LogP) is -1.15. The van der Waals surface area contributed by atoms with Gasteiger partial charge in [0.15, 0.2) is 6.29 Å². The van der Waals surface area contributed by atoms with Crippen LogP contribution in [0, 0.1) is 0 Å². The molecule has 0 aromatic carbocycles. The van der Waals surface area contributed by atoms with Gasteiger partial charge < -0.3 is 19.7 Å². The highest BCUT2D eigenvalue weighted by atomic mass is 16.7. The summed E-state index contributed by atoms with van der Waals surface area (Å²) in [4.78, 5) is 0. The van der Waals surface area contributed by atoms with E-state index in [1.807, 2.05) is 6.92 Å². The van der Waals surface area contributed by atoms with Gasteiger partial charge in [-0.15, -0.1) is 0 Å². The molecule has 2 saturated heterocycles. The van der Waals surface area contributed by atoms with Crippen molar-refractivity contribution >= 4 is 0 Å². The third-order valence-corrected chi connectivity index (χ3v) is 2.01. The first-order chi connectivity index (χ1) is 4.70. The molecule has 0 radical (unpaired) electrons. The summed E-state index contributed by atoms with van der Waals surface area (Å²) in [6, 6.07) is 0. The minimum Gasteiger partial charge on any atom is -0.385 e. The van der Waals surface area contributed by atoms with Crippen LogP contribution >= 0.6 is 0 Å². The summed E-state index contributed by atoms with van der Waals surface area (Å²) in [6.45, 7) is 1.82. The molecule has 0 spiro atoms. The van der Waals surface area contributed by atoms with Crippen molar-refractivity contribution in [2.45, 2.75) is 37.6 Å². The van der Waals surface area contributed by atoms with Crippen LogP contribution in [0.5, 0.6) is 0 Å². The molecular formula is C6H10O4. The highest BCUT2D eigenvalue weighted by molar-refractivity contribution is 4.99. The van der Waals surface area contributed by atoms with E-state index in [0.717, 1.165) is 0 Å². The minimum absolute atomic E-state index is 0.00148. The number of epoxide rings is 1. The third-order valence-electron chi connectivity index (χ3n) is 2.01. The zero-order chi connectivity index (χ0) is 7.30. The maximum Gasteiger partial charge on any atom is 0.183 e. The van der Waals surface area contributed by atoms with Gasteiger partial charge in [-0.2, -0.15) is 0 Å². The van der Waals surface area contributed by atoms with Crippen LogP contribution < -0.4 is 0 Å². The minimum atomic E-state index is -1.07. The number of hydrogen-bond acceptors (Lipinski definition) is 4. The second kappa shape index (κ2) is 1.92. The van der Waals surface area contributed by atoms with Gasteiger partial charge in [-0.05, 0) is 6.92 Å². The van der Waals surface area contributed by atoms with Crippen LogP contribution in [0.1, 0.15) is 6.92 Å². The fourth-order valence-electron chi connectivity index (χ4n) is 1.33. The molecule has 0 aromatic rings. The molecule has 2 rings (SSSR count). The predicted molar refractivity (Wildman–Crippen MR) is 31.2 cm³/mol. The molecule has 2 N–H and O–H groups in total. The van der Waals surface area contributed by atoms with Gasteiger partial charge in [0.05, 0.1) is 6.10 Å². The van der Waals surface area contributed by atoms with Crippen LogP contribution in [0.25, 0.3) is 0 Å². The lowest BCUT2D eigenvalue weighted by Gasteiger charge is -2.24. The molecule has 0 aliphatic carbocycles. The first kappa shape index (κ1) is 6.54. The molecule has 58 valence electrons. The van der Waals surface area contributed by atoms with Crippen LogP contribution in [0.15, 0.2) is 0 Å². The zero-order valence-corrected chi connectivity index (χ0v) is 5.60. The lowest BCUT2D eigenvalue weighted by atomic mass is 10.1. The molecular weight excluding hydrogens is 136 g/mol. The Morgan fingerprint density at radius 1 is 1.10 bits per heavy atom. The Labute approximate surface area is 58.4 Å². The zero-order valence-electron chi connectivity index (χ0n) is 5.60. The average Bonchev–Trinajstić information content (AvgIpc) is 2.61. The third kappa shape index (κ3) is 0.769. The van der Waals surface area contributed by atoms with Gasteiger partial charge in [-0.1, -0.05) is 0 Å². The van der Waals surface area contributed by atoms with Crippen molar-refractivity contribution in [3.8, 4) is 0 Å². The van der Waals surface area contributed by atoms with Crippen LogP contribution in [0.3, 0.4) is 0 Å². The number of rotatable bonds is 0. The smallest absolute Gasteiger partial charge is 0.183 e. The molecule has 4 nitrogen and oxygen atoms in total. The Balaban J connectivity index is 2.05. The van der Waals surface area contributed by atoms with Crippen molar-refractivity contribution in [2.24, 2.45) is 0 Å². The number of aliphatic hydroxyl groups is 2. The molecule has 0 aromatic heterocycles. The molecule has 2 heterocycles. The molecule has 5 atom stereocenters. The Bertz CT molecular complexity index is 147. The van der Waals surface area contributed by atoms with Gasteiger partial charge in [0.25, 0.3) is 0 Å². The highest BCUT2D eigenvalue weighted by Gasteiger charge is 2.55. The van der Waals surface area contributed by atoms with Gasteiger partial charge in [-0.25, -0.2) is 0 Å². The highest BCUT2D eigenvalue weighted by Crippen LogP contribution is 2.36. The van der Waals surface area contributed by atoms with E-state index in [2.05, 4.69) is 0 Å². The maximum atomic E-state index is 9.11. The van der Waals surface area contributed by atoms with Crippen molar-refractivity contribution in [1.29, 1.82) is 0 Å². The van der Waals surface area contributed by atoms with Gasteiger partial charge in [0.1, 0.15) is 18.3 Å². The maximum absolute atomic E-state index is 9.11. The first-order valence-corrected chi connectivity index (χ1v) is 3.37. The molecule has 0 saturated carbocycles. The largest absolute Gasteiger partial charge is 0.385 e. The Morgan fingerprint density at radius 2 is 1.80 bits per heavy atom. The fourth-order valence-corrected chi connectivity index (χ4v) is 1.33. The summed E-state index contributed by atoms with van der Waals surface area (Å²) < 4.78 is 9.97. The normalized spacial score (nSPS) is 59.7. The molecule has 10 heavy (non-hydrogen) atoms. The van der Waals surface area contributed by atoms with E-state index < -0.39 is 12.4 Å². The molecule has 4 heteroatoms. The summed E-state index contributed by atoms with van der Waals surface area (Å²) in [5.41, 5.74) is 0. The van der Waals surface area contributed by atoms with Gasteiger partial charge in [0.2, 0.25) is 0 Å². The van der Waals surface area contributed by atoms with Crippen molar-refractivity contribution in [3.05, 3.63) is 0 Å².